The van der Waals surface area contributed by atoms with Gasteiger partial charge in [-0.3, -0.25) is 4.79 Å². The summed E-state index contributed by atoms with van der Waals surface area (Å²) in [5.74, 6) is -0.797. The van der Waals surface area contributed by atoms with Gasteiger partial charge in [-0.05, 0) is 25.0 Å². The van der Waals surface area contributed by atoms with Crippen molar-refractivity contribution < 1.29 is 22.3 Å². The van der Waals surface area contributed by atoms with Gasteiger partial charge < -0.3 is 14.2 Å². The Labute approximate surface area is 151 Å². The number of para-hydroxylation sites is 1. The Balaban J connectivity index is 1.56. The van der Waals surface area contributed by atoms with Crippen molar-refractivity contribution in [3.63, 3.8) is 0 Å². The van der Waals surface area contributed by atoms with Crippen molar-refractivity contribution >= 4 is 15.7 Å². The lowest BCUT2D eigenvalue weighted by molar-refractivity contribution is -0.134. The number of hydrogen-bond donors (Lipinski definition) is 0. The first-order chi connectivity index (χ1) is 12.4. The summed E-state index contributed by atoms with van der Waals surface area (Å²) in [5.41, 5.74) is 0. The fourth-order valence-corrected chi connectivity index (χ4v) is 4.78. The number of benzene rings is 1. The van der Waals surface area contributed by atoms with Crippen LogP contribution in [-0.4, -0.2) is 53.7 Å². The minimum Gasteiger partial charge on any atom is -0.481 e. The zero-order valence-electron chi connectivity index (χ0n) is 14.3. The minimum absolute atomic E-state index is 0.0214. The Hall–Kier alpha value is -2.42. The molecule has 0 radical (unpaired) electrons. The van der Waals surface area contributed by atoms with Gasteiger partial charge in [-0.2, -0.15) is 0 Å². The van der Waals surface area contributed by atoms with E-state index in [1.807, 2.05) is 0 Å². The maximum absolute atomic E-state index is 13.5. The Morgan fingerprint density at radius 1 is 1.31 bits per heavy atom. The number of carbonyl (C=O) groups excluding carboxylic acids is 1. The van der Waals surface area contributed by atoms with Crippen molar-refractivity contribution in [2.75, 3.05) is 19.7 Å². The fraction of sp³-hybridized carbons (Fsp3) is 0.412. The highest BCUT2D eigenvalue weighted by atomic mass is 32.2. The van der Waals surface area contributed by atoms with Crippen LogP contribution in [0.1, 0.15) is 12.8 Å². The highest BCUT2D eigenvalue weighted by molar-refractivity contribution is 7.91. The lowest BCUT2D eigenvalue weighted by atomic mass is 10.1. The normalized spacial score (nSPS) is 15.8. The molecule has 1 fully saturated rings. The molecule has 140 valence electrons. The number of halogens is 1. The molecule has 0 atom stereocenters. The van der Waals surface area contributed by atoms with Crippen molar-refractivity contribution in [2.24, 2.45) is 7.05 Å². The average molecular weight is 381 g/mol. The van der Waals surface area contributed by atoms with Gasteiger partial charge >= 0.3 is 0 Å². The number of likely N-dealkylation sites (tertiary alicyclic amines) is 1. The zero-order chi connectivity index (χ0) is 18.7. The van der Waals surface area contributed by atoms with Crippen LogP contribution in [0.25, 0.3) is 0 Å². The number of hydrogen-bond acceptors (Lipinski definition) is 5. The molecule has 2 heterocycles. The third kappa shape index (κ3) is 3.72. The first-order valence-electron chi connectivity index (χ1n) is 8.26. The molecule has 0 unspecified atom stereocenters. The first-order valence-corrected chi connectivity index (χ1v) is 9.80. The van der Waals surface area contributed by atoms with Crippen LogP contribution in [-0.2, 0) is 21.7 Å². The van der Waals surface area contributed by atoms with Crippen molar-refractivity contribution in [1.82, 2.24) is 14.5 Å². The van der Waals surface area contributed by atoms with E-state index in [9.17, 15) is 17.6 Å². The van der Waals surface area contributed by atoms with Crippen molar-refractivity contribution in [3.05, 3.63) is 42.5 Å². The van der Waals surface area contributed by atoms with Crippen molar-refractivity contribution in [2.45, 2.75) is 23.2 Å². The molecule has 3 rings (SSSR count). The van der Waals surface area contributed by atoms with Crippen LogP contribution in [0.4, 0.5) is 4.39 Å². The second-order valence-corrected chi connectivity index (χ2v) is 8.29. The molecule has 1 aromatic carbocycles. The van der Waals surface area contributed by atoms with E-state index in [0.717, 1.165) is 0 Å². The van der Waals surface area contributed by atoms with Crippen LogP contribution < -0.4 is 4.74 Å². The molecule has 1 aliphatic rings. The third-order valence-electron chi connectivity index (χ3n) is 4.45. The van der Waals surface area contributed by atoms with Gasteiger partial charge in [0.2, 0.25) is 15.0 Å². The van der Waals surface area contributed by atoms with Gasteiger partial charge in [-0.1, -0.05) is 12.1 Å². The number of imidazole rings is 1. The molecule has 1 amide bonds. The molecule has 1 saturated heterocycles. The number of rotatable bonds is 5. The number of amides is 1. The number of nitrogens with zero attached hydrogens (tertiary/aromatic N) is 3. The topological polar surface area (TPSA) is 81.5 Å². The van der Waals surface area contributed by atoms with Gasteiger partial charge in [0.15, 0.2) is 18.2 Å². The maximum Gasteiger partial charge on any atom is 0.260 e. The molecule has 7 nitrogen and oxygen atoms in total. The Morgan fingerprint density at radius 2 is 2.00 bits per heavy atom. The van der Waals surface area contributed by atoms with Crippen LogP contribution >= 0.6 is 0 Å². The number of aromatic nitrogens is 2. The van der Waals surface area contributed by atoms with E-state index in [4.69, 9.17) is 4.74 Å². The number of piperidine rings is 1. The van der Waals surface area contributed by atoms with E-state index >= 15 is 0 Å². The summed E-state index contributed by atoms with van der Waals surface area (Å²) in [4.78, 5) is 17.7. The summed E-state index contributed by atoms with van der Waals surface area (Å²) in [6, 6.07) is 5.87. The summed E-state index contributed by atoms with van der Waals surface area (Å²) >= 11 is 0. The highest BCUT2D eigenvalue weighted by Crippen LogP contribution is 2.23. The monoisotopic (exact) mass is 381 g/mol. The molecule has 1 aliphatic heterocycles. The average Bonchev–Trinajstić information content (AvgIpc) is 3.08. The smallest absolute Gasteiger partial charge is 0.260 e. The lowest BCUT2D eigenvalue weighted by Gasteiger charge is -2.31. The van der Waals surface area contributed by atoms with Crippen LogP contribution in [0.5, 0.6) is 5.75 Å². The number of carbonyl (C=O) groups is 1. The van der Waals surface area contributed by atoms with Crippen LogP contribution in [0.2, 0.25) is 0 Å². The van der Waals surface area contributed by atoms with Crippen LogP contribution in [0.3, 0.4) is 0 Å². The van der Waals surface area contributed by atoms with Crippen LogP contribution in [0.15, 0.2) is 41.8 Å². The molecule has 0 bridgehead atoms. The summed E-state index contributed by atoms with van der Waals surface area (Å²) in [5, 5.41) is -0.523. The van der Waals surface area contributed by atoms with Crippen LogP contribution in [0, 0.1) is 5.82 Å². The lowest BCUT2D eigenvalue weighted by Crippen LogP contribution is -2.44. The van der Waals surface area contributed by atoms with Gasteiger partial charge in [0.05, 0.1) is 5.25 Å². The third-order valence-corrected chi connectivity index (χ3v) is 6.70. The van der Waals surface area contributed by atoms with Crippen molar-refractivity contribution in [3.8, 4) is 5.75 Å². The van der Waals surface area contributed by atoms with E-state index in [0.29, 0.717) is 25.9 Å². The fourth-order valence-electron chi connectivity index (χ4n) is 2.98. The molecular weight excluding hydrogens is 361 g/mol. The number of ether oxygens (including phenoxy) is 1. The summed E-state index contributed by atoms with van der Waals surface area (Å²) in [7, 11) is -1.89. The second kappa shape index (κ2) is 7.45. The largest absolute Gasteiger partial charge is 0.481 e. The second-order valence-electron chi connectivity index (χ2n) is 6.16. The van der Waals surface area contributed by atoms with E-state index in [1.165, 1.54) is 29.0 Å². The molecule has 0 spiro atoms. The first kappa shape index (κ1) is 18.4. The summed E-state index contributed by atoms with van der Waals surface area (Å²) in [6.07, 6.45) is 3.71. The van der Waals surface area contributed by atoms with Gasteiger partial charge in [-0.15, -0.1) is 0 Å². The molecule has 2 aromatic rings. The predicted octanol–water partition coefficient (Wildman–Crippen LogP) is 1.40. The molecule has 9 heteroatoms. The molecular formula is C17H20FN3O4S. The molecule has 1 aromatic heterocycles. The predicted molar refractivity (Wildman–Crippen MR) is 91.9 cm³/mol. The number of sulfone groups is 1. The molecule has 0 saturated carbocycles. The van der Waals surface area contributed by atoms with E-state index in [2.05, 4.69) is 4.98 Å². The van der Waals surface area contributed by atoms with E-state index in [1.54, 1.807) is 24.2 Å². The van der Waals surface area contributed by atoms with Gasteiger partial charge in [0.25, 0.3) is 5.91 Å². The molecule has 0 N–H and O–H groups in total. The van der Waals surface area contributed by atoms with Gasteiger partial charge in [-0.25, -0.2) is 17.8 Å². The van der Waals surface area contributed by atoms with E-state index in [-0.39, 0.29) is 23.4 Å². The minimum atomic E-state index is -3.53. The molecule has 0 aliphatic carbocycles. The SMILES string of the molecule is Cn1ccnc1S(=O)(=O)C1CCN(C(=O)COc2ccccc2F)CC1. The maximum atomic E-state index is 13.5. The Kier molecular flexibility index (Phi) is 5.26. The van der Waals surface area contributed by atoms with Gasteiger partial charge in [0.1, 0.15) is 0 Å². The Bertz CT molecular complexity index is 889. The standard InChI is InChI=1S/C17H20FN3O4S/c1-20-11-8-19-17(20)26(23,24)13-6-9-21(10-7-13)16(22)12-25-15-5-3-2-4-14(15)18/h2-5,8,11,13H,6-7,9-10,12H2,1H3. The zero-order valence-corrected chi connectivity index (χ0v) is 15.2. The number of aryl methyl sites for hydroxylation is 1. The Morgan fingerprint density at radius 3 is 2.62 bits per heavy atom. The molecule has 26 heavy (non-hydrogen) atoms. The summed E-state index contributed by atoms with van der Waals surface area (Å²) in [6.45, 7) is 0.347. The van der Waals surface area contributed by atoms with Gasteiger partial charge in [0, 0.05) is 32.5 Å². The van der Waals surface area contributed by atoms with Crippen molar-refractivity contribution in [1.29, 1.82) is 0 Å². The quantitative estimate of drug-likeness (QED) is 0.782. The van der Waals surface area contributed by atoms with E-state index < -0.39 is 20.9 Å². The summed E-state index contributed by atoms with van der Waals surface area (Å²) < 4.78 is 45.5. The highest BCUT2D eigenvalue weighted by Gasteiger charge is 2.35.